The first kappa shape index (κ1) is 17.7. The maximum atomic E-state index is 9.33. The van der Waals surface area contributed by atoms with Crippen molar-refractivity contribution in [2.24, 2.45) is 0 Å². The first-order valence-electron chi connectivity index (χ1n) is 9.80. The van der Waals surface area contributed by atoms with Gasteiger partial charge in [0.15, 0.2) is 11.5 Å². The lowest BCUT2D eigenvalue weighted by molar-refractivity contribution is 0.173. The second-order valence-electron chi connectivity index (χ2n) is 7.51. The summed E-state index contributed by atoms with van der Waals surface area (Å²) < 4.78 is 1.83. The molecular weight excluding hydrogens is 366 g/mol. The molecule has 0 N–H and O–H groups in total. The SMILES string of the molecule is Cc1cc(-n2cc(C3CC[C@H]4CN(c5nccnc5C#N)CCN34)nn2)ccn1. The molecule has 0 saturated carbocycles. The van der Waals surface area contributed by atoms with Crippen LogP contribution in [0.2, 0.25) is 0 Å². The van der Waals surface area contributed by atoms with Crippen LogP contribution >= 0.6 is 0 Å². The van der Waals surface area contributed by atoms with Gasteiger partial charge in [-0.15, -0.1) is 5.10 Å². The van der Waals surface area contributed by atoms with Gasteiger partial charge in [0.25, 0.3) is 0 Å². The predicted molar refractivity (Wildman–Crippen MR) is 105 cm³/mol. The average molecular weight is 387 g/mol. The summed E-state index contributed by atoms with van der Waals surface area (Å²) in [5.41, 5.74) is 3.33. The number of anilines is 1. The summed E-state index contributed by atoms with van der Waals surface area (Å²) in [6, 6.07) is 6.78. The van der Waals surface area contributed by atoms with Gasteiger partial charge < -0.3 is 4.90 Å². The second kappa shape index (κ2) is 7.22. The zero-order valence-corrected chi connectivity index (χ0v) is 16.2. The molecule has 9 nitrogen and oxygen atoms in total. The molecule has 2 fully saturated rings. The fraction of sp³-hybridized carbons (Fsp3) is 0.400. The number of rotatable bonds is 3. The molecule has 2 aliphatic heterocycles. The van der Waals surface area contributed by atoms with Gasteiger partial charge in [-0.2, -0.15) is 5.26 Å². The van der Waals surface area contributed by atoms with Crippen molar-refractivity contribution < 1.29 is 0 Å². The molecule has 9 heteroatoms. The third-order valence-corrected chi connectivity index (χ3v) is 5.78. The van der Waals surface area contributed by atoms with Crippen LogP contribution < -0.4 is 4.90 Å². The molecule has 3 aromatic heterocycles. The highest BCUT2D eigenvalue weighted by molar-refractivity contribution is 5.50. The van der Waals surface area contributed by atoms with Gasteiger partial charge in [-0.1, -0.05) is 5.21 Å². The standard InChI is InChI=1S/C20H21N9/c1-14-10-15(4-5-22-14)29-13-18(25-26-29)19-3-2-16-12-27(8-9-28(16)19)20-17(11-21)23-6-7-24-20/h4-7,10,13,16,19H,2-3,8-9,12H2,1H3/t16-,19?/m0/s1. The molecule has 2 saturated heterocycles. The first-order chi connectivity index (χ1) is 14.2. The topological polar surface area (TPSA) is 99.7 Å². The van der Waals surface area contributed by atoms with Crippen molar-refractivity contribution in [1.29, 1.82) is 5.26 Å². The van der Waals surface area contributed by atoms with E-state index in [0.717, 1.165) is 49.6 Å². The van der Waals surface area contributed by atoms with E-state index < -0.39 is 0 Å². The molecule has 2 aliphatic rings. The second-order valence-corrected chi connectivity index (χ2v) is 7.51. The minimum absolute atomic E-state index is 0.274. The summed E-state index contributed by atoms with van der Waals surface area (Å²) in [7, 11) is 0. The van der Waals surface area contributed by atoms with Gasteiger partial charge in [-0.3, -0.25) is 9.88 Å². The minimum Gasteiger partial charge on any atom is -0.351 e. The Labute approximate surface area is 168 Å². The Bertz CT molecular complexity index is 1070. The molecule has 146 valence electrons. The summed E-state index contributed by atoms with van der Waals surface area (Å²) >= 11 is 0. The number of piperazine rings is 1. The fourth-order valence-electron chi connectivity index (χ4n) is 4.43. The van der Waals surface area contributed by atoms with E-state index in [1.165, 1.54) is 0 Å². The van der Waals surface area contributed by atoms with Crippen LogP contribution in [0.25, 0.3) is 5.69 Å². The Balaban J connectivity index is 1.33. The number of pyridine rings is 1. The Kier molecular flexibility index (Phi) is 4.41. The molecule has 2 atom stereocenters. The molecular formula is C20H21N9. The van der Waals surface area contributed by atoms with Gasteiger partial charge in [-0.25, -0.2) is 14.6 Å². The van der Waals surface area contributed by atoms with Gasteiger partial charge in [0.1, 0.15) is 11.8 Å². The molecule has 5 rings (SSSR count). The highest BCUT2D eigenvalue weighted by atomic mass is 15.4. The third kappa shape index (κ3) is 3.21. The molecule has 0 aliphatic carbocycles. The highest BCUT2D eigenvalue weighted by Crippen LogP contribution is 2.37. The summed E-state index contributed by atoms with van der Waals surface area (Å²) in [4.78, 5) is 17.5. The quantitative estimate of drug-likeness (QED) is 0.669. The van der Waals surface area contributed by atoms with Crippen molar-refractivity contribution in [1.82, 2.24) is 34.8 Å². The van der Waals surface area contributed by atoms with Crippen molar-refractivity contribution in [2.75, 3.05) is 24.5 Å². The zero-order valence-electron chi connectivity index (χ0n) is 16.2. The Morgan fingerprint density at radius 2 is 2.00 bits per heavy atom. The summed E-state index contributed by atoms with van der Waals surface area (Å²) in [5, 5.41) is 18.1. The largest absolute Gasteiger partial charge is 0.351 e. The Morgan fingerprint density at radius 1 is 1.10 bits per heavy atom. The van der Waals surface area contributed by atoms with Gasteiger partial charge >= 0.3 is 0 Å². The Morgan fingerprint density at radius 3 is 2.86 bits per heavy atom. The predicted octanol–water partition coefficient (Wildman–Crippen LogP) is 1.66. The van der Waals surface area contributed by atoms with Crippen molar-refractivity contribution in [2.45, 2.75) is 31.8 Å². The molecule has 0 radical (unpaired) electrons. The van der Waals surface area contributed by atoms with Crippen LogP contribution in [0, 0.1) is 18.3 Å². The summed E-state index contributed by atoms with van der Waals surface area (Å²) in [5.74, 6) is 0.692. The van der Waals surface area contributed by atoms with Crippen LogP contribution in [0.15, 0.2) is 36.9 Å². The molecule has 0 bridgehead atoms. The number of aryl methyl sites for hydroxylation is 1. The molecule has 3 aromatic rings. The zero-order chi connectivity index (χ0) is 19.8. The Hall–Kier alpha value is -3.38. The number of fused-ring (bicyclic) bond motifs is 1. The normalized spacial score (nSPS) is 21.7. The van der Waals surface area contributed by atoms with E-state index in [9.17, 15) is 5.26 Å². The third-order valence-electron chi connectivity index (χ3n) is 5.78. The van der Waals surface area contributed by atoms with Crippen LogP contribution in [0.4, 0.5) is 5.82 Å². The van der Waals surface area contributed by atoms with E-state index in [4.69, 9.17) is 0 Å². The lowest BCUT2D eigenvalue weighted by Crippen LogP contribution is -2.51. The molecule has 5 heterocycles. The van der Waals surface area contributed by atoms with E-state index in [0.29, 0.717) is 17.6 Å². The maximum absolute atomic E-state index is 9.33. The lowest BCUT2D eigenvalue weighted by Gasteiger charge is -2.40. The average Bonchev–Trinajstić information content (AvgIpc) is 3.40. The minimum atomic E-state index is 0.274. The maximum Gasteiger partial charge on any atom is 0.183 e. The van der Waals surface area contributed by atoms with Crippen molar-refractivity contribution >= 4 is 5.82 Å². The van der Waals surface area contributed by atoms with Crippen molar-refractivity contribution in [3.05, 3.63) is 54.0 Å². The van der Waals surface area contributed by atoms with Gasteiger partial charge in [-0.05, 0) is 31.9 Å². The number of hydrogen-bond donors (Lipinski definition) is 0. The van der Waals surface area contributed by atoms with Crippen molar-refractivity contribution in [3.8, 4) is 11.8 Å². The monoisotopic (exact) mass is 387 g/mol. The first-order valence-corrected chi connectivity index (χ1v) is 9.80. The smallest absolute Gasteiger partial charge is 0.183 e. The highest BCUT2D eigenvalue weighted by Gasteiger charge is 2.40. The van der Waals surface area contributed by atoms with Crippen LogP contribution in [0.1, 0.15) is 36.0 Å². The number of hydrogen-bond acceptors (Lipinski definition) is 8. The van der Waals surface area contributed by atoms with Crippen LogP contribution in [-0.4, -0.2) is 60.5 Å². The van der Waals surface area contributed by atoms with Gasteiger partial charge in [0.2, 0.25) is 0 Å². The van der Waals surface area contributed by atoms with Gasteiger partial charge in [0.05, 0.1) is 17.9 Å². The number of nitriles is 1. The van der Waals surface area contributed by atoms with E-state index in [1.807, 2.05) is 29.9 Å². The van der Waals surface area contributed by atoms with Gasteiger partial charge in [0, 0.05) is 50.0 Å². The van der Waals surface area contributed by atoms with Crippen molar-refractivity contribution in [3.63, 3.8) is 0 Å². The molecule has 1 unspecified atom stereocenters. The lowest BCUT2D eigenvalue weighted by atomic mass is 10.1. The van der Waals surface area contributed by atoms with Crippen LogP contribution in [0.5, 0.6) is 0 Å². The number of aromatic nitrogens is 6. The molecule has 0 spiro atoms. The molecule has 29 heavy (non-hydrogen) atoms. The number of nitrogens with zero attached hydrogens (tertiary/aromatic N) is 9. The summed E-state index contributed by atoms with van der Waals surface area (Å²) in [6.07, 6.45) is 9.18. The van der Waals surface area contributed by atoms with Crippen LogP contribution in [-0.2, 0) is 0 Å². The molecule has 0 aromatic carbocycles. The van der Waals surface area contributed by atoms with E-state index in [2.05, 4.69) is 41.1 Å². The van der Waals surface area contributed by atoms with E-state index >= 15 is 0 Å². The molecule has 0 amide bonds. The van der Waals surface area contributed by atoms with E-state index in [-0.39, 0.29) is 6.04 Å². The van der Waals surface area contributed by atoms with Crippen LogP contribution in [0.3, 0.4) is 0 Å². The van der Waals surface area contributed by atoms with E-state index in [1.54, 1.807) is 18.6 Å². The summed E-state index contributed by atoms with van der Waals surface area (Å²) in [6.45, 7) is 4.54. The fourth-order valence-corrected chi connectivity index (χ4v) is 4.43.